The second kappa shape index (κ2) is 5.01. The standard InChI is InChI=1S/C16H21NO2S/c1-12-7-8-16(13(2)9-12)20(18,19)17-10-14-5-3-4-6-15(14)11-17/h3-4,7-9,14-15H,5-6,10-11H2,1-2H3. The quantitative estimate of drug-likeness (QED) is 0.786. The van der Waals surface area contributed by atoms with E-state index in [0.717, 1.165) is 24.0 Å². The minimum atomic E-state index is -3.34. The molecule has 108 valence electrons. The van der Waals surface area contributed by atoms with E-state index in [9.17, 15) is 8.42 Å². The summed E-state index contributed by atoms with van der Waals surface area (Å²) < 4.78 is 27.3. The Morgan fingerprint density at radius 1 is 1.05 bits per heavy atom. The number of fused-ring (bicyclic) bond motifs is 1. The molecule has 2 unspecified atom stereocenters. The molecule has 2 aliphatic rings. The molecule has 20 heavy (non-hydrogen) atoms. The van der Waals surface area contributed by atoms with E-state index in [1.165, 1.54) is 0 Å². The molecule has 0 spiro atoms. The molecular weight excluding hydrogens is 270 g/mol. The van der Waals surface area contributed by atoms with Gasteiger partial charge in [0.25, 0.3) is 0 Å². The normalized spacial score (nSPS) is 26.7. The second-order valence-electron chi connectivity index (χ2n) is 6.05. The average molecular weight is 291 g/mol. The molecule has 1 heterocycles. The Balaban J connectivity index is 1.89. The van der Waals surface area contributed by atoms with Crippen molar-refractivity contribution < 1.29 is 8.42 Å². The van der Waals surface area contributed by atoms with Crippen molar-refractivity contribution in [3.8, 4) is 0 Å². The van der Waals surface area contributed by atoms with Crippen LogP contribution in [-0.2, 0) is 10.0 Å². The van der Waals surface area contributed by atoms with Gasteiger partial charge < -0.3 is 0 Å². The predicted molar refractivity (Wildman–Crippen MR) is 80.0 cm³/mol. The van der Waals surface area contributed by atoms with Gasteiger partial charge in [-0.15, -0.1) is 0 Å². The smallest absolute Gasteiger partial charge is 0.207 e. The lowest BCUT2D eigenvalue weighted by Gasteiger charge is -2.18. The van der Waals surface area contributed by atoms with Crippen LogP contribution in [0.25, 0.3) is 0 Å². The SMILES string of the molecule is Cc1ccc(S(=O)(=O)N2CC3CC=CCC3C2)c(C)c1. The first kappa shape index (κ1) is 13.8. The van der Waals surface area contributed by atoms with Crippen LogP contribution in [0.3, 0.4) is 0 Å². The summed E-state index contributed by atoms with van der Waals surface area (Å²) in [6.45, 7) is 5.21. The van der Waals surface area contributed by atoms with Gasteiger partial charge in [-0.05, 0) is 50.2 Å². The van der Waals surface area contributed by atoms with Crippen LogP contribution in [0.2, 0.25) is 0 Å². The number of rotatable bonds is 2. The molecule has 3 rings (SSSR count). The molecule has 1 fully saturated rings. The second-order valence-corrected chi connectivity index (χ2v) is 7.96. The summed E-state index contributed by atoms with van der Waals surface area (Å²) in [5, 5.41) is 0. The van der Waals surface area contributed by atoms with Crippen molar-refractivity contribution in [2.24, 2.45) is 11.8 Å². The van der Waals surface area contributed by atoms with E-state index >= 15 is 0 Å². The van der Waals surface area contributed by atoms with Crippen LogP contribution in [0.4, 0.5) is 0 Å². The molecule has 3 nitrogen and oxygen atoms in total. The summed E-state index contributed by atoms with van der Waals surface area (Å²) in [6, 6.07) is 5.57. The summed E-state index contributed by atoms with van der Waals surface area (Å²) >= 11 is 0. The highest BCUT2D eigenvalue weighted by atomic mass is 32.2. The van der Waals surface area contributed by atoms with Crippen LogP contribution in [-0.4, -0.2) is 25.8 Å². The third kappa shape index (κ3) is 2.31. The highest BCUT2D eigenvalue weighted by Crippen LogP contribution is 2.36. The number of aryl methyl sites for hydroxylation is 2. The van der Waals surface area contributed by atoms with Gasteiger partial charge in [0, 0.05) is 13.1 Å². The lowest BCUT2D eigenvalue weighted by molar-refractivity contribution is 0.411. The van der Waals surface area contributed by atoms with Crippen molar-refractivity contribution in [2.45, 2.75) is 31.6 Å². The van der Waals surface area contributed by atoms with Gasteiger partial charge in [-0.3, -0.25) is 0 Å². The average Bonchev–Trinajstić information content (AvgIpc) is 2.82. The van der Waals surface area contributed by atoms with E-state index in [4.69, 9.17) is 0 Å². The molecule has 0 N–H and O–H groups in total. The fourth-order valence-corrected chi connectivity index (χ4v) is 5.16. The van der Waals surface area contributed by atoms with E-state index < -0.39 is 10.0 Å². The Morgan fingerprint density at radius 3 is 2.20 bits per heavy atom. The maximum atomic E-state index is 12.8. The molecule has 0 saturated carbocycles. The summed E-state index contributed by atoms with van der Waals surface area (Å²) in [7, 11) is -3.34. The first-order valence-corrected chi connectivity index (χ1v) is 8.65. The summed E-state index contributed by atoms with van der Waals surface area (Å²) in [5.74, 6) is 1.00. The molecule has 1 aromatic carbocycles. The van der Waals surface area contributed by atoms with E-state index in [1.54, 1.807) is 10.4 Å². The van der Waals surface area contributed by atoms with E-state index in [0.29, 0.717) is 29.8 Å². The summed E-state index contributed by atoms with van der Waals surface area (Å²) in [4.78, 5) is 0.467. The maximum Gasteiger partial charge on any atom is 0.243 e. The van der Waals surface area contributed by atoms with Gasteiger partial charge in [0.15, 0.2) is 0 Å². The number of hydrogen-bond acceptors (Lipinski definition) is 2. The molecule has 0 radical (unpaired) electrons. The number of nitrogens with zero attached hydrogens (tertiary/aromatic N) is 1. The van der Waals surface area contributed by atoms with Crippen LogP contribution in [0.5, 0.6) is 0 Å². The fraction of sp³-hybridized carbons (Fsp3) is 0.500. The molecule has 0 amide bonds. The number of sulfonamides is 1. The Kier molecular flexibility index (Phi) is 3.46. The molecular formula is C16H21NO2S. The van der Waals surface area contributed by atoms with Crippen molar-refractivity contribution in [2.75, 3.05) is 13.1 Å². The molecule has 1 aliphatic heterocycles. The van der Waals surface area contributed by atoms with Crippen molar-refractivity contribution in [1.29, 1.82) is 0 Å². The molecule has 2 atom stereocenters. The zero-order valence-corrected chi connectivity index (χ0v) is 12.9. The van der Waals surface area contributed by atoms with Gasteiger partial charge in [-0.2, -0.15) is 4.31 Å². The molecule has 1 aliphatic carbocycles. The third-order valence-electron chi connectivity index (χ3n) is 4.54. The summed E-state index contributed by atoms with van der Waals surface area (Å²) in [6.07, 6.45) is 6.41. The number of benzene rings is 1. The lowest BCUT2D eigenvalue weighted by Crippen LogP contribution is -2.29. The first-order chi connectivity index (χ1) is 9.48. The van der Waals surface area contributed by atoms with Crippen molar-refractivity contribution in [1.82, 2.24) is 4.31 Å². The summed E-state index contributed by atoms with van der Waals surface area (Å²) in [5.41, 5.74) is 1.94. The molecule has 1 saturated heterocycles. The van der Waals surface area contributed by atoms with Gasteiger partial charge in [0.1, 0.15) is 0 Å². The highest BCUT2D eigenvalue weighted by molar-refractivity contribution is 7.89. The topological polar surface area (TPSA) is 37.4 Å². The third-order valence-corrected chi connectivity index (χ3v) is 6.53. The van der Waals surface area contributed by atoms with E-state index in [-0.39, 0.29) is 0 Å². The van der Waals surface area contributed by atoms with Gasteiger partial charge in [0.2, 0.25) is 10.0 Å². The van der Waals surface area contributed by atoms with Gasteiger partial charge >= 0.3 is 0 Å². The molecule has 4 heteroatoms. The minimum absolute atomic E-state index is 0.467. The first-order valence-electron chi connectivity index (χ1n) is 7.21. The molecule has 0 bridgehead atoms. The number of allylic oxidation sites excluding steroid dienone is 2. The van der Waals surface area contributed by atoms with Crippen molar-refractivity contribution in [3.05, 3.63) is 41.5 Å². The van der Waals surface area contributed by atoms with Crippen molar-refractivity contribution in [3.63, 3.8) is 0 Å². The predicted octanol–water partition coefficient (Wildman–Crippen LogP) is 2.89. The highest BCUT2D eigenvalue weighted by Gasteiger charge is 2.39. The fourth-order valence-electron chi connectivity index (χ4n) is 3.40. The Bertz CT molecular complexity index is 632. The Morgan fingerprint density at radius 2 is 1.65 bits per heavy atom. The van der Waals surface area contributed by atoms with Gasteiger partial charge in [-0.1, -0.05) is 29.8 Å². The maximum absolute atomic E-state index is 12.8. The van der Waals surface area contributed by atoms with E-state index in [2.05, 4.69) is 12.2 Å². The monoisotopic (exact) mass is 291 g/mol. The zero-order chi connectivity index (χ0) is 14.3. The van der Waals surface area contributed by atoms with Crippen LogP contribution < -0.4 is 0 Å². The van der Waals surface area contributed by atoms with Crippen LogP contribution >= 0.6 is 0 Å². The molecule has 0 aromatic heterocycles. The lowest BCUT2D eigenvalue weighted by atomic mass is 9.86. The van der Waals surface area contributed by atoms with Crippen LogP contribution in [0.15, 0.2) is 35.2 Å². The van der Waals surface area contributed by atoms with E-state index in [1.807, 2.05) is 26.0 Å². The van der Waals surface area contributed by atoms with Crippen LogP contribution in [0, 0.1) is 25.7 Å². The largest absolute Gasteiger partial charge is 0.243 e. The minimum Gasteiger partial charge on any atom is -0.207 e. The molecule has 1 aromatic rings. The van der Waals surface area contributed by atoms with Gasteiger partial charge in [-0.25, -0.2) is 8.42 Å². The van der Waals surface area contributed by atoms with Crippen molar-refractivity contribution >= 4 is 10.0 Å². The Labute approximate surface area is 121 Å². The van der Waals surface area contributed by atoms with Crippen LogP contribution in [0.1, 0.15) is 24.0 Å². The van der Waals surface area contributed by atoms with Gasteiger partial charge in [0.05, 0.1) is 4.90 Å². The Hall–Kier alpha value is -1.13. The number of hydrogen-bond donors (Lipinski definition) is 0. The zero-order valence-electron chi connectivity index (χ0n) is 12.0.